The Labute approximate surface area is 219 Å². The maximum absolute atomic E-state index is 12.0. The van der Waals surface area contributed by atoms with Crippen LogP contribution in [0, 0.1) is 0 Å². The molecule has 0 aliphatic rings. The van der Waals surface area contributed by atoms with Gasteiger partial charge in [0.25, 0.3) is 0 Å². The van der Waals surface area contributed by atoms with Crippen molar-refractivity contribution in [3.8, 4) is 17.2 Å². The molecule has 36 heavy (non-hydrogen) atoms. The van der Waals surface area contributed by atoms with Gasteiger partial charge in [-0.15, -0.1) is 0 Å². The molecule has 3 rings (SSSR count). The third kappa shape index (κ3) is 8.18. The molecule has 8 nitrogen and oxygen atoms in total. The van der Waals surface area contributed by atoms with Gasteiger partial charge in [0, 0.05) is 34.1 Å². The fraction of sp³-hybridized carbons (Fsp3) is 0.192. The zero-order valence-electron chi connectivity index (χ0n) is 19.7. The number of rotatable bonds is 11. The van der Waals surface area contributed by atoms with E-state index in [-0.39, 0.29) is 31.3 Å². The van der Waals surface area contributed by atoms with E-state index in [2.05, 4.69) is 15.8 Å². The summed E-state index contributed by atoms with van der Waals surface area (Å²) in [4.78, 5) is 24.1. The van der Waals surface area contributed by atoms with Gasteiger partial charge < -0.3 is 19.5 Å². The van der Waals surface area contributed by atoms with E-state index in [1.165, 1.54) is 13.3 Å². The van der Waals surface area contributed by atoms with Gasteiger partial charge in [-0.2, -0.15) is 5.10 Å². The molecule has 0 spiro atoms. The van der Waals surface area contributed by atoms with Crippen LogP contribution in [0.2, 0.25) is 10.0 Å². The van der Waals surface area contributed by atoms with E-state index in [1.807, 2.05) is 0 Å². The van der Waals surface area contributed by atoms with Crippen molar-refractivity contribution in [2.45, 2.75) is 19.4 Å². The highest BCUT2D eigenvalue weighted by Crippen LogP contribution is 2.29. The maximum Gasteiger partial charge on any atom is 0.240 e. The van der Waals surface area contributed by atoms with Crippen molar-refractivity contribution < 1.29 is 23.8 Å². The molecule has 10 heteroatoms. The second kappa shape index (κ2) is 13.4. The fourth-order valence-electron chi connectivity index (χ4n) is 3.04. The lowest BCUT2D eigenvalue weighted by molar-refractivity contribution is -0.124. The van der Waals surface area contributed by atoms with Gasteiger partial charge >= 0.3 is 0 Å². The summed E-state index contributed by atoms with van der Waals surface area (Å²) in [6, 6.07) is 17.3. The molecule has 0 heterocycles. The molecule has 0 atom stereocenters. The number of ether oxygens (including phenoxy) is 3. The molecule has 0 bridgehead atoms. The Balaban J connectivity index is 1.46. The number of nitrogens with one attached hydrogen (secondary N) is 2. The van der Waals surface area contributed by atoms with Crippen molar-refractivity contribution in [2.75, 3.05) is 19.5 Å². The topological polar surface area (TPSA) is 98.2 Å². The number of benzene rings is 3. The van der Waals surface area contributed by atoms with Crippen LogP contribution in [0.25, 0.3) is 0 Å². The second-order valence-electron chi connectivity index (χ2n) is 7.50. The monoisotopic (exact) mass is 529 g/mol. The van der Waals surface area contributed by atoms with Crippen LogP contribution in [-0.2, 0) is 16.2 Å². The highest BCUT2D eigenvalue weighted by atomic mass is 35.5. The van der Waals surface area contributed by atoms with Crippen LogP contribution in [0.4, 0.5) is 5.69 Å². The lowest BCUT2D eigenvalue weighted by Crippen LogP contribution is -2.20. The molecule has 0 saturated carbocycles. The lowest BCUT2D eigenvalue weighted by Gasteiger charge is -2.12. The van der Waals surface area contributed by atoms with E-state index < -0.39 is 0 Å². The van der Waals surface area contributed by atoms with Gasteiger partial charge in [-0.25, -0.2) is 5.43 Å². The quantitative estimate of drug-likeness (QED) is 0.254. The molecule has 3 aromatic carbocycles. The molecular formula is C26H25Cl2N3O5. The van der Waals surface area contributed by atoms with Gasteiger partial charge in [0.2, 0.25) is 11.8 Å². The molecule has 0 aliphatic carbocycles. The van der Waals surface area contributed by atoms with E-state index >= 15 is 0 Å². The fourth-order valence-corrected chi connectivity index (χ4v) is 3.50. The number of nitrogens with zero attached hydrogens (tertiary/aromatic N) is 1. The highest BCUT2D eigenvalue weighted by molar-refractivity contribution is 6.35. The molecule has 0 saturated heterocycles. The summed E-state index contributed by atoms with van der Waals surface area (Å²) in [6.07, 6.45) is 1.48. The number of anilines is 1. The molecular weight excluding hydrogens is 505 g/mol. The molecule has 188 valence electrons. The molecule has 2 N–H and O–H groups in total. The Hall–Kier alpha value is -3.75. The Kier molecular flexibility index (Phi) is 9.97. The van der Waals surface area contributed by atoms with Crippen molar-refractivity contribution in [2.24, 2.45) is 5.10 Å². The van der Waals surface area contributed by atoms with Gasteiger partial charge in [-0.1, -0.05) is 29.3 Å². The van der Waals surface area contributed by atoms with Crippen LogP contribution in [0.1, 0.15) is 24.0 Å². The number of carbonyl (C=O) groups excluding carboxylic acids is 2. The number of amides is 2. The number of hydrogen-bond acceptors (Lipinski definition) is 6. The average Bonchev–Trinajstić information content (AvgIpc) is 2.88. The van der Waals surface area contributed by atoms with Crippen LogP contribution in [0.3, 0.4) is 0 Å². The summed E-state index contributed by atoms with van der Waals surface area (Å²) in [7, 11) is 3.09. The maximum atomic E-state index is 12.0. The van der Waals surface area contributed by atoms with Crippen LogP contribution >= 0.6 is 23.2 Å². The number of hydrogen-bond donors (Lipinski definition) is 2. The third-order valence-electron chi connectivity index (χ3n) is 4.94. The summed E-state index contributed by atoms with van der Waals surface area (Å²) in [5.74, 6) is 1.04. The van der Waals surface area contributed by atoms with Gasteiger partial charge in [0.15, 0.2) is 11.5 Å². The van der Waals surface area contributed by atoms with E-state index in [0.29, 0.717) is 38.5 Å². The predicted octanol–water partition coefficient (Wildman–Crippen LogP) is 5.46. The van der Waals surface area contributed by atoms with Crippen molar-refractivity contribution in [1.29, 1.82) is 0 Å². The van der Waals surface area contributed by atoms with Gasteiger partial charge in [-0.05, 0) is 60.2 Å². The van der Waals surface area contributed by atoms with E-state index in [1.54, 1.807) is 67.8 Å². The standard InChI is InChI=1S/C26H25Cl2N3O5/c1-34-21-8-6-20(7-9-21)30-25(32)11-12-26(33)31-29-15-17-3-10-23(24(13-17)35-2)36-16-18-4-5-19(27)14-22(18)28/h3-10,13-15H,11-12,16H2,1-2H3,(H,30,32)(H,31,33). The van der Waals surface area contributed by atoms with Gasteiger partial charge in [0.05, 0.1) is 20.4 Å². The summed E-state index contributed by atoms with van der Waals surface area (Å²) in [5.41, 5.74) is 4.50. The zero-order chi connectivity index (χ0) is 25.9. The highest BCUT2D eigenvalue weighted by Gasteiger charge is 2.09. The predicted molar refractivity (Wildman–Crippen MR) is 140 cm³/mol. The molecule has 0 radical (unpaired) electrons. The minimum atomic E-state index is -0.386. The summed E-state index contributed by atoms with van der Waals surface area (Å²) >= 11 is 12.1. The average molecular weight is 530 g/mol. The van der Waals surface area contributed by atoms with Crippen LogP contribution in [-0.4, -0.2) is 32.2 Å². The van der Waals surface area contributed by atoms with E-state index in [9.17, 15) is 9.59 Å². The second-order valence-corrected chi connectivity index (χ2v) is 8.35. The van der Waals surface area contributed by atoms with E-state index in [0.717, 1.165) is 5.56 Å². The summed E-state index contributed by atoms with van der Waals surface area (Å²) < 4.78 is 16.3. The third-order valence-corrected chi connectivity index (χ3v) is 5.53. The number of hydrazone groups is 1. The first-order valence-electron chi connectivity index (χ1n) is 10.9. The Morgan fingerprint density at radius 1 is 0.889 bits per heavy atom. The Morgan fingerprint density at radius 2 is 1.64 bits per heavy atom. The normalized spacial score (nSPS) is 10.7. The summed E-state index contributed by atoms with van der Waals surface area (Å²) in [5, 5.41) is 7.73. The zero-order valence-corrected chi connectivity index (χ0v) is 21.2. The van der Waals surface area contributed by atoms with Crippen LogP contribution < -0.4 is 25.0 Å². The van der Waals surface area contributed by atoms with Crippen molar-refractivity contribution in [3.05, 3.63) is 81.8 Å². The number of halogens is 2. The first kappa shape index (κ1) is 26.8. The van der Waals surface area contributed by atoms with Crippen molar-refractivity contribution in [1.82, 2.24) is 5.43 Å². The SMILES string of the molecule is COc1ccc(NC(=O)CCC(=O)NN=Cc2ccc(OCc3ccc(Cl)cc3Cl)c(OC)c2)cc1. The van der Waals surface area contributed by atoms with Crippen molar-refractivity contribution in [3.63, 3.8) is 0 Å². The Bertz CT molecular complexity index is 1230. The van der Waals surface area contributed by atoms with E-state index in [4.69, 9.17) is 37.4 Å². The van der Waals surface area contributed by atoms with Gasteiger partial charge in [0.1, 0.15) is 12.4 Å². The first-order chi connectivity index (χ1) is 17.4. The number of methoxy groups -OCH3 is 2. The number of carbonyl (C=O) groups is 2. The molecule has 0 fully saturated rings. The molecule has 2 amide bonds. The Morgan fingerprint density at radius 3 is 2.33 bits per heavy atom. The smallest absolute Gasteiger partial charge is 0.240 e. The molecule has 0 unspecified atom stereocenters. The molecule has 3 aromatic rings. The minimum Gasteiger partial charge on any atom is -0.497 e. The van der Waals surface area contributed by atoms with Crippen LogP contribution in [0.15, 0.2) is 65.8 Å². The van der Waals surface area contributed by atoms with Gasteiger partial charge in [-0.3, -0.25) is 9.59 Å². The first-order valence-corrected chi connectivity index (χ1v) is 11.6. The largest absolute Gasteiger partial charge is 0.497 e. The van der Waals surface area contributed by atoms with Crippen molar-refractivity contribution >= 4 is 46.9 Å². The lowest BCUT2D eigenvalue weighted by atomic mass is 10.2. The van der Waals surface area contributed by atoms with Crippen LogP contribution in [0.5, 0.6) is 17.2 Å². The minimum absolute atomic E-state index is 0.0112. The summed E-state index contributed by atoms with van der Waals surface area (Å²) in [6.45, 7) is 0.238. The molecule has 0 aromatic heterocycles. The molecule has 0 aliphatic heterocycles.